The van der Waals surface area contributed by atoms with Crippen LogP contribution >= 0.6 is 0 Å². The Bertz CT molecular complexity index is 640. The zero-order valence-electron chi connectivity index (χ0n) is 12.3. The molecule has 0 aliphatic heterocycles. The molecule has 0 atom stereocenters. The Labute approximate surface area is 122 Å². The minimum atomic E-state index is -0.395. The molecule has 0 saturated carbocycles. The molecule has 6 heteroatoms. The van der Waals surface area contributed by atoms with Crippen LogP contribution in [0.3, 0.4) is 0 Å². The number of benzene rings is 1. The van der Waals surface area contributed by atoms with Gasteiger partial charge in [0.25, 0.3) is 0 Å². The van der Waals surface area contributed by atoms with Gasteiger partial charge in [-0.25, -0.2) is 9.18 Å². The topological polar surface area (TPSA) is 47.4 Å². The van der Waals surface area contributed by atoms with Crippen molar-refractivity contribution in [1.29, 1.82) is 0 Å². The Hall–Kier alpha value is -2.37. The molecule has 0 aliphatic carbocycles. The summed E-state index contributed by atoms with van der Waals surface area (Å²) in [5.41, 5.74) is 1.88. The number of ether oxygens (including phenoxy) is 1. The number of nitrogens with zero attached hydrogens (tertiary/aromatic N) is 3. The highest BCUT2D eigenvalue weighted by molar-refractivity contribution is 5.90. The number of halogens is 1. The van der Waals surface area contributed by atoms with Gasteiger partial charge in [-0.3, -0.25) is 4.68 Å². The van der Waals surface area contributed by atoms with E-state index < -0.39 is 5.97 Å². The second-order valence-electron chi connectivity index (χ2n) is 4.68. The van der Waals surface area contributed by atoms with Crippen LogP contribution in [0.4, 0.5) is 10.1 Å². The predicted molar refractivity (Wildman–Crippen MR) is 77.7 cm³/mol. The molecule has 5 nitrogen and oxygen atoms in total. The van der Waals surface area contributed by atoms with Crippen molar-refractivity contribution in [1.82, 2.24) is 9.78 Å². The standard InChI is InChI=1S/C15H18FN3O2/c1-4-21-15(20)13-9-17-19(3)14(13)10-18(2)12-7-5-6-11(16)8-12/h5-9H,4,10H2,1-3H3. The Balaban J connectivity index is 2.23. The van der Waals surface area contributed by atoms with E-state index in [1.165, 1.54) is 18.3 Å². The normalized spacial score (nSPS) is 10.5. The third-order valence-corrected chi connectivity index (χ3v) is 3.19. The quantitative estimate of drug-likeness (QED) is 0.794. The third-order valence-electron chi connectivity index (χ3n) is 3.19. The van der Waals surface area contributed by atoms with Gasteiger partial charge >= 0.3 is 5.97 Å². The molecule has 0 bridgehead atoms. The van der Waals surface area contributed by atoms with Gasteiger partial charge in [0.2, 0.25) is 0 Å². The van der Waals surface area contributed by atoms with Crippen molar-refractivity contribution in [2.24, 2.45) is 7.05 Å². The zero-order chi connectivity index (χ0) is 15.4. The molecule has 1 heterocycles. The van der Waals surface area contributed by atoms with E-state index in [-0.39, 0.29) is 5.82 Å². The molecule has 21 heavy (non-hydrogen) atoms. The smallest absolute Gasteiger partial charge is 0.341 e. The highest BCUT2D eigenvalue weighted by Gasteiger charge is 2.18. The van der Waals surface area contributed by atoms with Gasteiger partial charge < -0.3 is 9.64 Å². The highest BCUT2D eigenvalue weighted by Crippen LogP contribution is 2.18. The maximum absolute atomic E-state index is 13.3. The first-order valence-electron chi connectivity index (χ1n) is 6.67. The first-order valence-corrected chi connectivity index (χ1v) is 6.67. The van der Waals surface area contributed by atoms with Crippen LogP contribution in [-0.4, -0.2) is 29.4 Å². The van der Waals surface area contributed by atoms with Crippen LogP contribution in [0.15, 0.2) is 30.5 Å². The molecule has 0 radical (unpaired) electrons. The highest BCUT2D eigenvalue weighted by atomic mass is 19.1. The summed E-state index contributed by atoms with van der Waals surface area (Å²) < 4.78 is 19.9. The van der Waals surface area contributed by atoms with Crippen molar-refractivity contribution in [3.05, 3.63) is 47.5 Å². The average Bonchev–Trinajstić information content (AvgIpc) is 2.80. The lowest BCUT2D eigenvalue weighted by Gasteiger charge is -2.20. The van der Waals surface area contributed by atoms with Gasteiger partial charge in [0, 0.05) is 19.8 Å². The van der Waals surface area contributed by atoms with E-state index in [1.54, 1.807) is 24.7 Å². The first kappa shape index (κ1) is 15.0. The Morgan fingerprint density at radius 1 is 1.48 bits per heavy atom. The van der Waals surface area contributed by atoms with Gasteiger partial charge in [-0.2, -0.15) is 5.10 Å². The van der Waals surface area contributed by atoms with Crippen LogP contribution in [-0.2, 0) is 18.3 Å². The number of hydrogen-bond donors (Lipinski definition) is 0. The van der Waals surface area contributed by atoms with Crippen LogP contribution in [0.5, 0.6) is 0 Å². The van der Waals surface area contributed by atoms with Crippen LogP contribution in [0.25, 0.3) is 0 Å². The Morgan fingerprint density at radius 2 is 2.24 bits per heavy atom. The fourth-order valence-electron chi connectivity index (χ4n) is 2.06. The van der Waals surface area contributed by atoms with E-state index in [0.717, 1.165) is 11.4 Å². The summed E-state index contributed by atoms with van der Waals surface area (Å²) in [5.74, 6) is -0.691. The molecule has 2 rings (SSSR count). The van der Waals surface area contributed by atoms with Crippen molar-refractivity contribution in [3.8, 4) is 0 Å². The number of rotatable bonds is 5. The number of aromatic nitrogens is 2. The van der Waals surface area contributed by atoms with Crippen LogP contribution in [0.1, 0.15) is 23.0 Å². The second-order valence-corrected chi connectivity index (χ2v) is 4.68. The van der Waals surface area contributed by atoms with Gasteiger partial charge in [-0.15, -0.1) is 0 Å². The number of hydrogen-bond acceptors (Lipinski definition) is 4. The third kappa shape index (κ3) is 3.39. The molecule has 1 aromatic carbocycles. The summed E-state index contributed by atoms with van der Waals surface area (Å²) in [5, 5.41) is 4.10. The van der Waals surface area contributed by atoms with E-state index in [1.807, 2.05) is 18.0 Å². The number of carbonyl (C=O) groups excluding carboxylic acids is 1. The molecule has 0 saturated heterocycles. The van der Waals surface area contributed by atoms with Gasteiger partial charge in [0.05, 0.1) is 25.0 Å². The Morgan fingerprint density at radius 3 is 2.90 bits per heavy atom. The van der Waals surface area contributed by atoms with Crippen molar-refractivity contribution in [3.63, 3.8) is 0 Å². The molecule has 1 aromatic heterocycles. The minimum absolute atomic E-state index is 0.296. The SMILES string of the molecule is CCOC(=O)c1cnn(C)c1CN(C)c1cccc(F)c1. The number of aryl methyl sites for hydroxylation is 1. The molecular weight excluding hydrogens is 273 g/mol. The monoisotopic (exact) mass is 291 g/mol. The number of carbonyl (C=O) groups is 1. The first-order chi connectivity index (χ1) is 10.0. The molecule has 0 aliphatic rings. The van der Waals surface area contributed by atoms with E-state index in [0.29, 0.717) is 18.7 Å². The lowest BCUT2D eigenvalue weighted by molar-refractivity contribution is 0.0525. The largest absolute Gasteiger partial charge is 0.462 e. The second kappa shape index (κ2) is 6.39. The molecule has 0 unspecified atom stereocenters. The van der Waals surface area contributed by atoms with E-state index in [2.05, 4.69) is 5.10 Å². The summed E-state index contributed by atoms with van der Waals surface area (Å²) in [6.07, 6.45) is 1.49. The molecule has 2 aromatic rings. The van der Waals surface area contributed by atoms with Gasteiger partial charge in [-0.1, -0.05) is 6.07 Å². The molecule has 0 spiro atoms. The van der Waals surface area contributed by atoms with Gasteiger partial charge in [0.1, 0.15) is 11.4 Å². The average molecular weight is 291 g/mol. The van der Waals surface area contributed by atoms with E-state index in [4.69, 9.17) is 4.74 Å². The number of anilines is 1. The maximum atomic E-state index is 13.3. The lowest BCUT2D eigenvalue weighted by Crippen LogP contribution is -2.21. The van der Waals surface area contributed by atoms with Crippen molar-refractivity contribution >= 4 is 11.7 Å². The molecular formula is C15H18FN3O2. The van der Waals surface area contributed by atoms with Gasteiger partial charge in [0.15, 0.2) is 0 Å². The maximum Gasteiger partial charge on any atom is 0.341 e. The summed E-state index contributed by atoms with van der Waals surface area (Å²) >= 11 is 0. The number of esters is 1. The van der Waals surface area contributed by atoms with Crippen LogP contribution in [0, 0.1) is 5.82 Å². The van der Waals surface area contributed by atoms with E-state index in [9.17, 15) is 9.18 Å². The summed E-state index contributed by atoms with van der Waals surface area (Å²) in [6.45, 7) is 2.49. The molecule has 0 N–H and O–H groups in total. The van der Waals surface area contributed by atoms with Gasteiger partial charge in [-0.05, 0) is 25.1 Å². The van der Waals surface area contributed by atoms with Crippen LogP contribution < -0.4 is 4.90 Å². The van der Waals surface area contributed by atoms with Crippen LogP contribution in [0.2, 0.25) is 0 Å². The lowest BCUT2D eigenvalue weighted by atomic mass is 10.2. The predicted octanol–water partition coefficient (Wildman–Crippen LogP) is 2.37. The summed E-state index contributed by atoms with van der Waals surface area (Å²) in [6, 6.07) is 6.30. The summed E-state index contributed by atoms with van der Waals surface area (Å²) in [7, 11) is 3.59. The van der Waals surface area contributed by atoms with E-state index >= 15 is 0 Å². The fourth-order valence-corrected chi connectivity index (χ4v) is 2.06. The van der Waals surface area contributed by atoms with Crippen molar-refractivity contribution in [2.75, 3.05) is 18.6 Å². The fraction of sp³-hybridized carbons (Fsp3) is 0.333. The zero-order valence-corrected chi connectivity index (χ0v) is 12.3. The molecule has 0 amide bonds. The minimum Gasteiger partial charge on any atom is -0.462 e. The van der Waals surface area contributed by atoms with Crippen molar-refractivity contribution < 1.29 is 13.9 Å². The Kier molecular flexibility index (Phi) is 4.57. The summed E-state index contributed by atoms with van der Waals surface area (Å²) in [4.78, 5) is 13.7. The van der Waals surface area contributed by atoms with Crippen molar-refractivity contribution in [2.45, 2.75) is 13.5 Å². The molecule has 112 valence electrons. The molecule has 0 fully saturated rings.